The zero-order chi connectivity index (χ0) is 31.1. The van der Waals surface area contributed by atoms with E-state index in [4.69, 9.17) is 9.47 Å². The van der Waals surface area contributed by atoms with Crippen LogP contribution in [0.25, 0.3) is 0 Å². The second-order valence-electron chi connectivity index (χ2n) is 13.6. The Morgan fingerprint density at radius 1 is 0.905 bits per heavy atom. The van der Waals surface area contributed by atoms with E-state index in [-0.39, 0.29) is 36.0 Å². The van der Waals surface area contributed by atoms with Gasteiger partial charge in [0.25, 0.3) is 0 Å². The Balaban J connectivity index is 1.51. The van der Waals surface area contributed by atoms with Crippen LogP contribution in [-0.2, 0) is 23.9 Å². The van der Waals surface area contributed by atoms with Crippen molar-refractivity contribution in [3.05, 3.63) is 29.8 Å². The van der Waals surface area contributed by atoms with Gasteiger partial charge in [0.05, 0.1) is 18.4 Å². The minimum absolute atomic E-state index is 0.0457. The fraction of sp³-hybridized carbons (Fsp3) is 0.688. The van der Waals surface area contributed by atoms with Gasteiger partial charge in [-0.15, -0.1) is 0 Å². The third kappa shape index (κ3) is 10.8. The number of phenols is 1. The summed E-state index contributed by atoms with van der Waals surface area (Å²) in [6.45, 7) is 13.2. The maximum absolute atomic E-state index is 13.4. The Morgan fingerprint density at radius 2 is 1.52 bits per heavy atom. The third-order valence-electron chi connectivity index (χ3n) is 7.58. The lowest BCUT2D eigenvalue weighted by Crippen LogP contribution is -2.46. The van der Waals surface area contributed by atoms with Crippen molar-refractivity contribution in [1.29, 1.82) is 0 Å². The standard InChI is InChI=1S/C32H49N3O7/c1-31(2,3)41-28(38)20-26(23-10-12-25(36)13-11-23)33-29(39)24-8-7-17-35(21-24)27(37)14-9-22-15-18-34(19-16-22)30(40)42-32(4,5)6/h10-13,22,24,26,36H,7-9,14-21H2,1-6H3,(H,33,39)/t24-,26+/m1/s1. The molecule has 2 atom stereocenters. The zero-order valence-electron chi connectivity index (χ0n) is 26.1. The second kappa shape index (κ2) is 14.2. The highest BCUT2D eigenvalue weighted by Gasteiger charge is 2.32. The molecule has 3 amide bonds. The minimum atomic E-state index is -0.653. The van der Waals surface area contributed by atoms with Gasteiger partial charge in [-0.2, -0.15) is 0 Å². The Bertz CT molecular complexity index is 1080. The largest absolute Gasteiger partial charge is 0.508 e. The highest BCUT2D eigenvalue weighted by atomic mass is 16.6. The summed E-state index contributed by atoms with van der Waals surface area (Å²) in [5.41, 5.74) is -0.484. The smallest absolute Gasteiger partial charge is 0.410 e. The lowest BCUT2D eigenvalue weighted by molar-refractivity contribution is -0.155. The number of aromatic hydroxyl groups is 1. The van der Waals surface area contributed by atoms with Crippen LogP contribution >= 0.6 is 0 Å². The topological polar surface area (TPSA) is 125 Å². The first-order valence-corrected chi connectivity index (χ1v) is 15.2. The lowest BCUT2D eigenvalue weighted by Gasteiger charge is -2.35. The SMILES string of the molecule is CC(C)(C)OC(=O)C[C@H](NC(=O)[C@@H]1CCCN(C(=O)CCC2CCN(C(=O)OC(C)(C)C)CC2)C1)c1ccc(O)cc1. The molecular weight excluding hydrogens is 538 g/mol. The molecule has 42 heavy (non-hydrogen) atoms. The summed E-state index contributed by atoms with van der Waals surface area (Å²) in [5.74, 6) is -0.502. The number of rotatable bonds is 8. The van der Waals surface area contributed by atoms with E-state index < -0.39 is 23.2 Å². The molecule has 0 unspecified atom stereocenters. The zero-order valence-corrected chi connectivity index (χ0v) is 26.1. The summed E-state index contributed by atoms with van der Waals surface area (Å²) in [6, 6.07) is 5.78. The number of carbonyl (C=O) groups is 4. The Hall–Kier alpha value is -3.30. The third-order valence-corrected chi connectivity index (χ3v) is 7.58. The van der Waals surface area contributed by atoms with Gasteiger partial charge >= 0.3 is 12.1 Å². The lowest BCUT2D eigenvalue weighted by atomic mass is 9.91. The number of nitrogens with zero attached hydrogens (tertiary/aromatic N) is 2. The number of benzene rings is 1. The Labute approximate surface area is 250 Å². The van der Waals surface area contributed by atoms with Crippen LogP contribution in [0.3, 0.4) is 0 Å². The van der Waals surface area contributed by atoms with E-state index in [9.17, 15) is 24.3 Å². The van der Waals surface area contributed by atoms with Crippen LogP contribution in [0.5, 0.6) is 5.75 Å². The van der Waals surface area contributed by atoms with Gasteiger partial charge in [0.2, 0.25) is 11.8 Å². The van der Waals surface area contributed by atoms with Crippen molar-refractivity contribution in [1.82, 2.24) is 15.1 Å². The van der Waals surface area contributed by atoms with Crippen molar-refractivity contribution in [2.75, 3.05) is 26.2 Å². The highest BCUT2D eigenvalue weighted by molar-refractivity contribution is 5.82. The molecule has 0 bridgehead atoms. The van der Waals surface area contributed by atoms with Crippen LogP contribution in [0.4, 0.5) is 4.79 Å². The van der Waals surface area contributed by atoms with E-state index >= 15 is 0 Å². The van der Waals surface area contributed by atoms with Crippen LogP contribution in [0.15, 0.2) is 24.3 Å². The second-order valence-corrected chi connectivity index (χ2v) is 13.6. The first-order chi connectivity index (χ1) is 19.6. The molecule has 0 spiro atoms. The monoisotopic (exact) mass is 587 g/mol. The van der Waals surface area contributed by atoms with Crippen molar-refractivity contribution in [2.45, 2.75) is 104 Å². The number of likely N-dealkylation sites (tertiary alicyclic amines) is 2. The molecular formula is C32H49N3O7. The average Bonchev–Trinajstić information content (AvgIpc) is 2.90. The molecule has 10 nitrogen and oxygen atoms in total. The van der Waals surface area contributed by atoms with Crippen molar-refractivity contribution in [3.63, 3.8) is 0 Å². The first-order valence-electron chi connectivity index (χ1n) is 15.2. The number of phenolic OH excluding ortho intramolecular Hbond substituents is 1. The molecule has 0 aromatic heterocycles. The van der Waals surface area contributed by atoms with Gasteiger partial charge in [-0.1, -0.05) is 12.1 Å². The molecule has 2 aliphatic rings. The van der Waals surface area contributed by atoms with E-state index in [1.807, 2.05) is 20.8 Å². The number of esters is 1. The summed E-state index contributed by atoms with van der Waals surface area (Å²) in [4.78, 5) is 55.0. The summed E-state index contributed by atoms with van der Waals surface area (Å²) in [5, 5.41) is 12.7. The normalized spacial score (nSPS) is 19.1. The predicted molar refractivity (Wildman–Crippen MR) is 159 cm³/mol. The van der Waals surface area contributed by atoms with E-state index in [0.717, 1.165) is 25.7 Å². The molecule has 0 aliphatic carbocycles. The molecule has 3 rings (SSSR count). The summed E-state index contributed by atoms with van der Waals surface area (Å²) in [7, 11) is 0. The summed E-state index contributed by atoms with van der Waals surface area (Å²) >= 11 is 0. The van der Waals surface area contributed by atoms with Crippen molar-refractivity contribution in [3.8, 4) is 5.75 Å². The molecule has 2 aliphatic heterocycles. The molecule has 1 aromatic rings. The molecule has 2 N–H and O–H groups in total. The number of piperidine rings is 2. The number of nitrogens with one attached hydrogen (secondary N) is 1. The van der Waals surface area contributed by atoms with Gasteiger partial charge in [-0.25, -0.2) is 4.79 Å². The summed E-state index contributed by atoms with van der Waals surface area (Å²) in [6.07, 6.45) is 3.92. The molecule has 234 valence electrons. The number of carbonyl (C=O) groups excluding carboxylic acids is 4. The maximum atomic E-state index is 13.4. The number of hydrogen-bond acceptors (Lipinski definition) is 7. The fourth-order valence-electron chi connectivity index (χ4n) is 5.43. The van der Waals surface area contributed by atoms with E-state index in [1.165, 1.54) is 12.1 Å². The molecule has 0 saturated carbocycles. The molecule has 10 heteroatoms. The Morgan fingerprint density at radius 3 is 2.12 bits per heavy atom. The minimum Gasteiger partial charge on any atom is -0.508 e. The number of amides is 3. The fourth-order valence-corrected chi connectivity index (χ4v) is 5.43. The summed E-state index contributed by atoms with van der Waals surface area (Å²) < 4.78 is 11.0. The van der Waals surface area contributed by atoms with Gasteiger partial charge < -0.3 is 29.7 Å². The molecule has 2 heterocycles. The average molecular weight is 588 g/mol. The van der Waals surface area contributed by atoms with Gasteiger partial charge in [0.15, 0.2) is 0 Å². The van der Waals surface area contributed by atoms with Crippen LogP contribution in [0, 0.1) is 11.8 Å². The van der Waals surface area contributed by atoms with E-state index in [0.29, 0.717) is 50.5 Å². The quantitative estimate of drug-likeness (QED) is 0.413. The van der Waals surface area contributed by atoms with Crippen LogP contribution in [-0.4, -0.2) is 76.2 Å². The van der Waals surface area contributed by atoms with E-state index in [1.54, 1.807) is 42.7 Å². The maximum Gasteiger partial charge on any atom is 0.410 e. The van der Waals surface area contributed by atoms with Gasteiger partial charge in [0, 0.05) is 32.6 Å². The Kier molecular flexibility index (Phi) is 11.3. The highest BCUT2D eigenvalue weighted by Crippen LogP contribution is 2.27. The van der Waals surface area contributed by atoms with Crippen LogP contribution < -0.4 is 5.32 Å². The van der Waals surface area contributed by atoms with Crippen molar-refractivity contribution >= 4 is 23.9 Å². The van der Waals surface area contributed by atoms with Crippen LogP contribution in [0.1, 0.15) is 98.1 Å². The number of hydrogen-bond donors (Lipinski definition) is 2. The van der Waals surface area contributed by atoms with E-state index in [2.05, 4.69) is 5.32 Å². The van der Waals surface area contributed by atoms with Crippen molar-refractivity contribution < 1.29 is 33.8 Å². The van der Waals surface area contributed by atoms with Crippen LogP contribution in [0.2, 0.25) is 0 Å². The molecule has 2 saturated heterocycles. The molecule has 2 fully saturated rings. The predicted octanol–water partition coefficient (Wildman–Crippen LogP) is 4.95. The van der Waals surface area contributed by atoms with Gasteiger partial charge in [-0.3, -0.25) is 14.4 Å². The molecule has 0 radical (unpaired) electrons. The van der Waals surface area contributed by atoms with Crippen molar-refractivity contribution in [2.24, 2.45) is 11.8 Å². The number of ether oxygens (including phenoxy) is 2. The van der Waals surface area contributed by atoms with Gasteiger partial charge in [-0.05, 0) is 97.3 Å². The first kappa shape index (κ1) is 33.2. The molecule has 1 aromatic carbocycles. The van der Waals surface area contributed by atoms with Gasteiger partial charge in [0.1, 0.15) is 17.0 Å².